The van der Waals surface area contributed by atoms with Crippen LogP contribution in [0.25, 0.3) is 11.1 Å². The third-order valence-corrected chi connectivity index (χ3v) is 4.93. The molecule has 0 aliphatic heterocycles. The molecular weight excluding hydrogens is 366 g/mol. The van der Waals surface area contributed by atoms with Crippen molar-refractivity contribution in [2.24, 2.45) is 7.05 Å². The molecule has 0 saturated heterocycles. The smallest absolute Gasteiger partial charge is 0.408 e. The second-order valence-corrected chi connectivity index (χ2v) is 6.49. The maximum absolute atomic E-state index is 12.3. The predicted molar refractivity (Wildman–Crippen MR) is 76.3 cm³/mol. The van der Waals surface area contributed by atoms with Gasteiger partial charge in [-0.05, 0) is 34.1 Å². The summed E-state index contributed by atoms with van der Waals surface area (Å²) in [5, 5.41) is 7.13. The van der Waals surface area contributed by atoms with Gasteiger partial charge in [0, 0.05) is 7.05 Å². The lowest BCUT2D eigenvalue weighted by Crippen LogP contribution is -2.17. The van der Waals surface area contributed by atoms with E-state index >= 15 is 0 Å². The molecular formula is C10H8BrN5O4S. The topological polar surface area (TPSA) is 123 Å². The molecule has 0 aliphatic carbocycles. The van der Waals surface area contributed by atoms with Crippen LogP contribution in [0.1, 0.15) is 0 Å². The van der Waals surface area contributed by atoms with E-state index in [2.05, 4.69) is 35.9 Å². The molecule has 0 unspecified atom stereocenters. The molecule has 0 amide bonds. The van der Waals surface area contributed by atoms with E-state index in [9.17, 15) is 13.2 Å². The number of hydrogen-bond donors (Lipinski definition) is 2. The van der Waals surface area contributed by atoms with Crippen molar-refractivity contribution < 1.29 is 12.8 Å². The average molecular weight is 374 g/mol. The van der Waals surface area contributed by atoms with Gasteiger partial charge in [0.05, 0.1) is 11.2 Å². The van der Waals surface area contributed by atoms with E-state index in [1.54, 1.807) is 0 Å². The molecule has 0 aliphatic rings. The number of halogens is 1. The molecule has 0 spiro atoms. The Morgan fingerprint density at radius 1 is 1.43 bits per heavy atom. The Bertz CT molecular complexity index is 967. The van der Waals surface area contributed by atoms with Gasteiger partial charge in [-0.1, -0.05) is 5.21 Å². The molecule has 0 saturated carbocycles. The maximum Gasteiger partial charge on any atom is 0.417 e. The summed E-state index contributed by atoms with van der Waals surface area (Å²) in [5.74, 6) is -0.608. The van der Waals surface area contributed by atoms with Crippen LogP contribution in [-0.2, 0) is 17.1 Å². The zero-order chi connectivity index (χ0) is 15.2. The lowest BCUT2D eigenvalue weighted by atomic mass is 10.3. The predicted octanol–water partition coefficient (Wildman–Crippen LogP) is 0.813. The van der Waals surface area contributed by atoms with Gasteiger partial charge in [-0.15, -0.1) is 5.10 Å². The van der Waals surface area contributed by atoms with Crippen LogP contribution >= 0.6 is 15.9 Å². The number of aromatic nitrogens is 4. The zero-order valence-electron chi connectivity index (χ0n) is 10.5. The highest BCUT2D eigenvalue weighted by molar-refractivity contribution is 9.10. The van der Waals surface area contributed by atoms with Gasteiger partial charge < -0.3 is 4.42 Å². The largest absolute Gasteiger partial charge is 0.417 e. The molecule has 3 rings (SSSR count). The first kappa shape index (κ1) is 13.8. The van der Waals surface area contributed by atoms with Gasteiger partial charge in [-0.25, -0.2) is 9.48 Å². The first-order valence-electron chi connectivity index (χ1n) is 5.58. The Labute approximate surface area is 126 Å². The first-order chi connectivity index (χ1) is 9.87. The van der Waals surface area contributed by atoms with Gasteiger partial charge in [0.2, 0.25) is 5.03 Å². The second-order valence-electron chi connectivity index (χ2n) is 4.14. The number of anilines is 1. The van der Waals surface area contributed by atoms with Gasteiger partial charge in [0.1, 0.15) is 0 Å². The molecule has 0 fully saturated rings. The fourth-order valence-corrected chi connectivity index (χ4v) is 3.97. The number of nitrogens with one attached hydrogen (secondary N) is 2. The minimum atomic E-state index is -3.87. The Hall–Kier alpha value is -2.14. The number of oxazole rings is 1. The van der Waals surface area contributed by atoms with E-state index in [4.69, 9.17) is 4.42 Å². The van der Waals surface area contributed by atoms with Crippen molar-refractivity contribution in [3.8, 4) is 0 Å². The fraction of sp³-hybridized carbons (Fsp3) is 0.100. The third kappa shape index (κ3) is 2.45. The number of aromatic amines is 1. The van der Waals surface area contributed by atoms with Crippen molar-refractivity contribution in [1.82, 2.24) is 20.0 Å². The van der Waals surface area contributed by atoms with E-state index in [-0.39, 0.29) is 15.3 Å². The normalized spacial score (nSPS) is 11.9. The Balaban J connectivity index is 2.03. The average Bonchev–Trinajstić information content (AvgIpc) is 2.90. The van der Waals surface area contributed by atoms with Crippen LogP contribution in [0.2, 0.25) is 0 Å². The van der Waals surface area contributed by atoms with E-state index in [0.29, 0.717) is 11.1 Å². The van der Waals surface area contributed by atoms with E-state index in [1.807, 2.05) is 0 Å². The SMILES string of the molecule is Cn1nnc(Br)c1S(=O)(=O)Nc1ccc2oc(=O)[nH]c2c1. The molecule has 2 N–H and O–H groups in total. The highest BCUT2D eigenvalue weighted by Crippen LogP contribution is 2.23. The minimum Gasteiger partial charge on any atom is -0.408 e. The van der Waals surface area contributed by atoms with Gasteiger partial charge >= 0.3 is 5.76 Å². The molecule has 110 valence electrons. The summed E-state index contributed by atoms with van der Waals surface area (Å²) >= 11 is 3.03. The summed E-state index contributed by atoms with van der Waals surface area (Å²) in [6.45, 7) is 0. The van der Waals surface area contributed by atoms with Crippen LogP contribution in [0.5, 0.6) is 0 Å². The third-order valence-electron chi connectivity index (χ3n) is 2.66. The van der Waals surface area contributed by atoms with Crippen LogP contribution in [0.4, 0.5) is 5.69 Å². The Kier molecular flexibility index (Phi) is 3.10. The van der Waals surface area contributed by atoms with Gasteiger partial charge in [0.15, 0.2) is 10.2 Å². The first-order valence-corrected chi connectivity index (χ1v) is 7.85. The number of benzene rings is 1. The van der Waals surface area contributed by atoms with E-state index in [1.165, 1.54) is 25.2 Å². The van der Waals surface area contributed by atoms with Crippen molar-refractivity contribution in [1.29, 1.82) is 0 Å². The van der Waals surface area contributed by atoms with Gasteiger partial charge in [0.25, 0.3) is 10.0 Å². The Morgan fingerprint density at radius 3 is 2.86 bits per heavy atom. The highest BCUT2D eigenvalue weighted by atomic mass is 79.9. The molecule has 0 bridgehead atoms. The van der Waals surface area contributed by atoms with Crippen molar-refractivity contribution in [3.63, 3.8) is 0 Å². The molecule has 11 heteroatoms. The fourth-order valence-electron chi connectivity index (χ4n) is 1.83. The number of H-pyrrole nitrogens is 1. The number of rotatable bonds is 3. The van der Waals surface area contributed by atoms with Crippen LogP contribution in [0.15, 0.2) is 37.0 Å². The van der Waals surface area contributed by atoms with Crippen LogP contribution < -0.4 is 10.5 Å². The molecule has 1 aromatic carbocycles. The van der Waals surface area contributed by atoms with Crippen molar-refractivity contribution in [2.75, 3.05) is 4.72 Å². The summed E-state index contributed by atoms with van der Waals surface area (Å²) in [6, 6.07) is 4.42. The van der Waals surface area contributed by atoms with Crippen LogP contribution in [0, 0.1) is 0 Å². The number of fused-ring (bicyclic) bond motifs is 1. The van der Waals surface area contributed by atoms with E-state index in [0.717, 1.165) is 4.68 Å². The van der Waals surface area contributed by atoms with Crippen LogP contribution in [-0.4, -0.2) is 28.4 Å². The van der Waals surface area contributed by atoms with Crippen LogP contribution in [0.3, 0.4) is 0 Å². The maximum atomic E-state index is 12.3. The second kappa shape index (κ2) is 4.70. The molecule has 0 radical (unpaired) electrons. The Morgan fingerprint density at radius 2 is 2.19 bits per heavy atom. The summed E-state index contributed by atoms with van der Waals surface area (Å²) in [7, 11) is -2.41. The molecule has 0 atom stereocenters. The molecule has 2 heterocycles. The standard InChI is InChI=1S/C10H8BrN5O4S/c1-16-9(8(11)13-15-16)21(18,19)14-5-2-3-7-6(4-5)12-10(17)20-7/h2-4,14H,1H3,(H,12,17). The van der Waals surface area contributed by atoms with Gasteiger partial charge in [-0.2, -0.15) is 8.42 Å². The van der Waals surface area contributed by atoms with Crippen molar-refractivity contribution >= 4 is 42.7 Å². The van der Waals surface area contributed by atoms with Crippen molar-refractivity contribution in [2.45, 2.75) is 5.03 Å². The molecule has 21 heavy (non-hydrogen) atoms. The number of sulfonamides is 1. The zero-order valence-corrected chi connectivity index (χ0v) is 12.9. The lowest BCUT2D eigenvalue weighted by molar-refractivity contribution is 0.555. The molecule has 9 nitrogen and oxygen atoms in total. The van der Waals surface area contributed by atoms with E-state index < -0.39 is 15.8 Å². The summed E-state index contributed by atoms with van der Waals surface area (Å²) < 4.78 is 33.1. The van der Waals surface area contributed by atoms with Gasteiger partial charge in [-0.3, -0.25) is 9.71 Å². The summed E-state index contributed by atoms with van der Waals surface area (Å²) in [4.78, 5) is 13.5. The summed E-state index contributed by atoms with van der Waals surface area (Å²) in [5.41, 5.74) is 1.00. The minimum absolute atomic E-state index is 0.107. The van der Waals surface area contributed by atoms with Crippen molar-refractivity contribution in [3.05, 3.63) is 33.4 Å². The number of aryl methyl sites for hydroxylation is 1. The molecule has 2 aromatic heterocycles. The monoisotopic (exact) mass is 373 g/mol. The number of hydrogen-bond acceptors (Lipinski definition) is 6. The highest BCUT2D eigenvalue weighted by Gasteiger charge is 2.24. The lowest BCUT2D eigenvalue weighted by Gasteiger charge is -2.07. The summed E-state index contributed by atoms with van der Waals surface area (Å²) in [6.07, 6.45) is 0. The number of nitrogens with zero attached hydrogens (tertiary/aromatic N) is 3. The quantitative estimate of drug-likeness (QED) is 0.700. The molecule has 3 aromatic rings.